The summed E-state index contributed by atoms with van der Waals surface area (Å²) in [7, 11) is 0. The number of nitrogens with zero attached hydrogens (tertiary/aromatic N) is 1. The van der Waals surface area contributed by atoms with E-state index < -0.39 is 0 Å². The first kappa shape index (κ1) is 23.4. The number of hydrogen-bond acceptors (Lipinski definition) is 4. The molecule has 5 heteroatoms. The van der Waals surface area contributed by atoms with Gasteiger partial charge in [0.2, 0.25) is 5.91 Å². The summed E-state index contributed by atoms with van der Waals surface area (Å²) in [4.78, 5) is 13.5. The van der Waals surface area contributed by atoms with Crippen LogP contribution in [0.1, 0.15) is 51.5 Å². The summed E-state index contributed by atoms with van der Waals surface area (Å²) in [5, 5.41) is 14.9. The predicted molar refractivity (Wildman–Crippen MR) is 129 cm³/mol. The van der Waals surface area contributed by atoms with Crippen LogP contribution in [0.25, 0.3) is 11.1 Å². The molecule has 1 atom stereocenters. The number of amides is 1. The Morgan fingerprint density at radius 2 is 1.68 bits per heavy atom. The average molecular weight is 436 g/mol. The van der Waals surface area contributed by atoms with Crippen LogP contribution in [-0.2, 0) is 11.3 Å². The second-order valence-corrected chi connectivity index (χ2v) is 9.97. The summed E-state index contributed by atoms with van der Waals surface area (Å²) >= 11 is 1.57. The summed E-state index contributed by atoms with van der Waals surface area (Å²) in [5.74, 6) is 0.345. The van der Waals surface area contributed by atoms with E-state index in [2.05, 4.69) is 73.0 Å². The van der Waals surface area contributed by atoms with Crippen molar-refractivity contribution in [2.45, 2.75) is 68.7 Å². The van der Waals surface area contributed by atoms with Gasteiger partial charge in [0.15, 0.2) is 0 Å². The van der Waals surface area contributed by atoms with Crippen LogP contribution in [-0.4, -0.2) is 23.7 Å². The Hall–Kier alpha value is -2.29. The molecule has 1 fully saturated rings. The van der Waals surface area contributed by atoms with Gasteiger partial charge in [-0.25, -0.2) is 0 Å². The molecule has 1 aliphatic rings. The van der Waals surface area contributed by atoms with Crippen molar-refractivity contribution in [1.29, 1.82) is 5.26 Å². The largest absolute Gasteiger partial charge is 0.342 e. The smallest absolute Gasteiger partial charge is 0.234 e. The SMILES string of the molecule is CC(C)C[C@@H](Sc1ccc(-c2ccc(CNC3CCCC3)cc2)cc1)C(=O)NCC#N. The third kappa shape index (κ3) is 7.41. The maximum atomic E-state index is 12.4. The Kier molecular flexibility index (Phi) is 8.99. The van der Waals surface area contributed by atoms with Crippen molar-refractivity contribution in [3.05, 3.63) is 54.1 Å². The molecule has 31 heavy (non-hydrogen) atoms. The lowest BCUT2D eigenvalue weighted by Gasteiger charge is -2.17. The molecule has 1 amide bonds. The molecule has 0 spiro atoms. The first-order valence-electron chi connectivity index (χ1n) is 11.3. The van der Waals surface area contributed by atoms with Crippen LogP contribution >= 0.6 is 11.8 Å². The molecule has 1 saturated carbocycles. The third-order valence-corrected chi connectivity index (χ3v) is 6.92. The number of carbonyl (C=O) groups excluding carboxylic acids is 1. The summed E-state index contributed by atoms with van der Waals surface area (Å²) in [6.45, 7) is 5.22. The highest BCUT2D eigenvalue weighted by Gasteiger charge is 2.21. The van der Waals surface area contributed by atoms with Crippen molar-refractivity contribution in [1.82, 2.24) is 10.6 Å². The molecule has 0 aromatic heterocycles. The van der Waals surface area contributed by atoms with Gasteiger partial charge < -0.3 is 10.6 Å². The van der Waals surface area contributed by atoms with Gasteiger partial charge in [0, 0.05) is 17.5 Å². The molecule has 164 valence electrons. The highest BCUT2D eigenvalue weighted by atomic mass is 32.2. The zero-order valence-electron chi connectivity index (χ0n) is 18.6. The number of rotatable bonds is 10. The lowest BCUT2D eigenvalue weighted by Crippen LogP contribution is -2.33. The van der Waals surface area contributed by atoms with Crippen LogP contribution in [0.15, 0.2) is 53.4 Å². The Morgan fingerprint density at radius 3 is 2.26 bits per heavy atom. The minimum Gasteiger partial charge on any atom is -0.342 e. The first-order valence-corrected chi connectivity index (χ1v) is 12.2. The van der Waals surface area contributed by atoms with E-state index in [1.165, 1.54) is 42.4 Å². The van der Waals surface area contributed by atoms with Crippen molar-refractivity contribution in [2.24, 2.45) is 5.92 Å². The Morgan fingerprint density at radius 1 is 1.06 bits per heavy atom. The molecular weight excluding hydrogens is 402 g/mol. The molecule has 0 aliphatic heterocycles. The fraction of sp³-hybridized carbons (Fsp3) is 0.462. The van der Waals surface area contributed by atoms with Crippen molar-refractivity contribution >= 4 is 17.7 Å². The normalized spacial score (nSPS) is 15.0. The van der Waals surface area contributed by atoms with Crippen molar-refractivity contribution in [3.8, 4) is 17.2 Å². The van der Waals surface area contributed by atoms with E-state index in [9.17, 15) is 4.79 Å². The van der Waals surface area contributed by atoms with Gasteiger partial charge in [0.1, 0.15) is 6.54 Å². The molecule has 0 radical (unpaired) electrons. The molecule has 2 N–H and O–H groups in total. The van der Waals surface area contributed by atoms with Gasteiger partial charge in [-0.05, 0) is 54.0 Å². The lowest BCUT2D eigenvalue weighted by molar-refractivity contribution is -0.120. The Bertz CT molecular complexity index is 865. The number of nitriles is 1. The molecule has 0 heterocycles. The minimum absolute atomic E-state index is 0.0547. The number of thioether (sulfide) groups is 1. The van der Waals surface area contributed by atoms with E-state index in [0.29, 0.717) is 12.0 Å². The van der Waals surface area contributed by atoms with E-state index in [-0.39, 0.29) is 17.7 Å². The zero-order valence-corrected chi connectivity index (χ0v) is 19.4. The summed E-state index contributed by atoms with van der Waals surface area (Å²) in [6, 6.07) is 19.9. The molecule has 3 rings (SSSR count). The van der Waals surface area contributed by atoms with Gasteiger partial charge in [-0.2, -0.15) is 5.26 Å². The Labute approximate surface area is 190 Å². The predicted octanol–water partition coefficient (Wildman–Crippen LogP) is 5.53. The lowest BCUT2D eigenvalue weighted by atomic mass is 10.0. The topological polar surface area (TPSA) is 64.9 Å². The summed E-state index contributed by atoms with van der Waals surface area (Å²) in [5.41, 5.74) is 3.70. The molecule has 2 aromatic carbocycles. The summed E-state index contributed by atoms with van der Waals surface area (Å²) in [6.07, 6.45) is 6.10. The molecule has 0 bridgehead atoms. The zero-order chi connectivity index (χ0) is 22.1. The second kappa shape index (κ2) is 11.9. The van der Waals surface area contributed by atoms with Crippen LogP contribution in [0.2, 0.25) is 0 Å². The monoisotopic (exact) mass is 435 g/mol. The fourth-order valence-electron chi connectivity index (χ4n) is 3.97. The average Bonchev–Trinajstić information content (AvgIpc) is 3.30. The van der Waals surface area contributed by atoms with Crippen molar-refractivity contribution < 1.29 is 4.79 Å². The third-order valence-electron chi connectivity index (χ3n) is 5.69. The molecule has 1 aliphatic carbocycles. The summed E-state index contributed by atoms with van der Waals surface area (Å²) < 4.78 is 0. The van der Waals surface area contributed by atoms with Crippen LogP contribution in [0.5, 0.6) is 0 Å². The molecule has 0 saturated heterocycles. The second-order valence-electron chi connectivity index (χ2n) is 8.70. The van der Waals surface area contributed by atoms with Gasteiger partial charge in [-0.3, -0.25) is 4.79 Å². The van der Waals surface area contributed by atoms with Crippen molar-refractivity contribution in [2.75, 3.05) is 6.54 Å². The van der Waals surface area contributed by atoms with Gasteiger partial charge in [0.25, 0.3) is 0 Å². The first-order chi connectivity index (χ1) is 15.0. The highest BCUT2D eigenvalue weighted by Crippen LogP contribution is 2.30. The molecule has 4 nitrogen and oxygen atoms in total. The highest BCUT2D eigenvalue weighted by molar-refractivity contribution is 8.00. The van der Waals surface area contributed by atoms with E-state index in [1.807, 2.05) is 6.07 Å². The van der Waals surface area contributed by atoms with Crippen LogP contribution in [0, 0.1) is 17.2 Å². The maximum Gasteiger partial charge on any atom is 0.234 e. The van der Waals surface area contributed by atoms with E-state index >= 15 is 0 Å². The van der Waals surface area contributed by atoms with E-state index in [4.69, 9.17) is 5.26 Å². The number of benzene rings is 2. The quantitative estimate of drug-likeness (QED) is 0.380. The molecule has 2 aromatic rings. The molecule has 0 unspecified atom stereocenters. The number of nitrogens with one attached hydrogen (secondary N) is 2. The Balaban J connectivity index is 1.59. The van der Waals surface area contributed by atoms with Gasteiger partial charge in [-0.1, -0.05) is 63.1 Å². The standard InChI is InChI=1S/C26H33N3OS/c1-19(2)17-25(26(30)28-16-15-27)31-24-13-11-22(12-14-24)21-9-7-20(8-10-21)18-29-23-5-3-4-6-23/h7-14,19,23,25,29H,3-6,16-18H2,1-2H3,(H,28,30)/t25-/m1/s1. The van der Waals surface area contributed by atoms with E-state index in [0.717, 1.165) is 17.9 Å². The number of carbonyl (C=O) groups is 1. The van der Waals surface area contributed by atoms with Gasteiger partial charge >= 0.3 is 0 Å². The van der Waals surface area contributed by atoms with Gasteiger partial charge in [-0.15, -0.1) is 11.8 Å². The maximum absolute atomic E-state index is 12.4. The van der Waals surface area contributed by atoms with Gasteiger partial charge in [0.05, 0.1) is 11.3 Å². The fourth-order valence-corrected chi connectivity index (χ4v) is 5.27. The number of hydrogen-bond donors (Lipinski definition) is 2. The van der Waals surface area contributed by atoms with E-state index in [1.54, 1.807) is 11.8 Å². The van der Waals surface area contributed by atoms with Crippen LogP contribution in [0.3, 0.4) is 0 Å². The van der Waals surface area contributed by atoms with Crippen LogP contribution in [0.4, 0.5) is 0 Å². The minimum atomic E-state index is -0.189. The van der Waals surface area contributed by atoms with Crippen molar-refractivity contribution in [3.63, 3.8) is 0 Å². The molecular formula is C26H33N3OS. The van der Waals surface area contributed by atoms with Crippen LogP contribution < -0.4 is 10.6 Å².